The van der Waals surface area contributed by atoms with Gasteiger partial charge in [-0.05, 0) is 36.2 Å². The highest BCUT2D eigenvalue weighted by Crippen LogP contribution is 2.27. The highest BCUT2D eigenvalue weighted by molar-refractivity contribution is 6.30. The third kappa shape index (κ3) is 3.32. The summed E-state index contributed by atoms with van der Waals surface area (Å²) in [4.78, 5) is 0. The maximum atomic E-state index is 10.4. The summed E-state index contributed by atoms with van der Waals surface area (Å²) in [6.07, 6.45) is 2.50. The van der Waals surface area contributed by atoms with Gasteiger partial charge in [-0.1, -0.05) is 18.5 Å². The van der Waals surface area contributed by atoms with E-state index in [9.17, 15) is 5.11 Å². The van der Waals surface area contributed by atoms with Crippen molar-refractivity contribution in [3.63, 3.8) is 0 Å². The van der Waals surface area contributed by atoms with Crippen molar-refractivity contribution in [1.82, 2.24) is 9.78 Å². The van der Waals surface area contributed by atoms with Gasteiger partial charge in [-0.2, -0.15) is 5.10 Å². The van der Waals surface area contributed by atoms with Gasteiger partial charge in [-0.15, -0.1) is 0 Å². The average Bonchev–Trinajstić information content (AvgIpc) is 2.88. The number of aromatic nitrogens is 2. The lowest BCUT2D eigenvalue weighted by Gasteiger charge is -2.15. The molecule has 0 radical (unpaired) electrons. The number of methoxy groups -OCH3 is 1. The van der Waals surface area contributed by atoms with Gasteiger partial charge in [-0.3, -0.25) is 4.68 Å². The third-order valence-corrected chi connectivity index (χ3v) is 3.42. The maximum absolute atomic E-state index is 10.4. The first-order valence-electron chi connectivity index (χ1n) is 6.68. The summed E-state index contributed by atoms with van der Waals surface area (Å²) in [6, 6.07) is 7.26. The molecule has 1 heterocycles. The zero-order chi connectivity index (χ0) is 14.5. The van der Waals surface area contributed by atoms with E-state index in [1.54, 1.807) is 19.4 Å². The molecule has 0 spiro atoms. The number of aliphatic hydroxyl groups is 1. The van der Waals surface area contributed by atoms with Crippen LogP contribution in [0.2, 0.25) is 5.02 Å². The van der Waals surface area contributed by atoms with Crippen LogP contribution >= 0.6 is 11.6 Å². The molecule has 0 aliphatic rings. The van der Waals surface area contributed by atoms with Crippen LogP contribution in [-0.2, 0) is 13.0 Å². The van der Waals surface area contributed by atoms with E-state index in [4.69, 9.17) is 16.3 Å². The Morgan fingerprint density at radius 1 is 1.40 bits per heavy atom. The minimum Gasteiger partial charge on any atom is -0.496 e. The number of ether oxygens (including phenoxy) is 1. The van der Waals surface area contributed by atoms with Gasteiger partial charge in [0, 0.05) is 24.2 Å². The molecule has 0 saturated carbocycles. The lowest BCUT2D eigenvalue weighted by molar-refractivity contribution is 0.165. The van der Waals surface area contributed by atoms with E-state index in [2.05, 4.69) is 12.0 Å². The number of rotatable bonds is 6. The predicted molar refractivity (Wildman–Crippen MR) is 79.2 cm³/mol. The van der Waals surface area contributed by atoms with Gasteiger partial charge < -0.3 is 9.84 Å². The van der Waals surface area contributed by atoms with Crippen LogP contribution in [0.3, 0.4) is 0 Å². The van der Waals surface area contributed by atoms with E-state index in [1.807, 2.05) is 22.9 Å². The Labute approximate surface area is 123 Å². The Balaban J connectivity index is 2.20. The van der Waals surface area contributed by atoms with E-state index in [0.717, 1.165) is 30.0 Å². The summed E-state index contributed by atoms with van der Waals surface area (Å²) >= 11 is 6.01. The molecule has 0 amide bonds. The molecule has 1 unspecified atom stereocenters. The van der Waals surface area contributed by atoms with E-state index in [1.165, 1.54) is 0 Å². The molecule has 1 aromatic heterocycles. The van der Waals surface area contributed by atoms with Gasteiger partial charge in [0.15, 0.2) is 0 Å². The summed E-state index contributed by atoms with van der Waals surface area (Å²) in [5, 5.41) is 15.3. The normalized spacial score (nSPS) is 12.4. The molecule has 0 fully saturated rings. The largest absolute Gasteiger partial charge is 0.496 e. The molecule has 1 N–H and O–H groups in total. The highest BCUT2D eigenvalue weighted by Gasteiger charge is 2.16. The molecular weight excluding hydrogens is 276 g/mol. The highest BCUT2D eigenvalue weighted by atomic mass is 35.5. The van der Waals surface area contributed by atoms with Crippen molar-refractivity contribution in [3.05, 3.63) is 46.7 Å². The van der Waals surface area contributed by atoms with Crippen molar-refractivity contribution in [2.24, 2.45) is 0 Å². The Morgan fingerprint density at radius 3 is 2.90 bits per heavy atom. The fraction of sp³-hybridized carbons (Fsp3) is 0.400. The van der Waals surface area contributed by atoms with E-state index >= 15 is 0 Å². The van der Waals surface area contributed by atoms with Crippen LogP contribution < -0.4 is 4.74 Å². The zero-order valence-corrected chi connectivity index (χ0v) is 12.5. The average molecular weight is 295 g/mol. The summed E-state index contributed by atoms with van der Waals surface area (Å²) in [6.45, 7) is 2.88. The summed E-state index contributed by atoms with van der Waals surface area (Å²) < 4.78 is 7.14. The van der Waals surface area contributed by atoms with E-state index < -0.39 is 6.10 Å². The van der Waals surface area contributed by atoms with Crippen LogP contribution in [0.5, 0.6) is 5.75 Å². The standard InChI is InChI=1S/C15H19ClN2O2/c1-3-8-18-13(6-7-17-18)14(19)10-11-9-12(16)4-5-15(11)20-2/h4-7,9,14,19H,3,8,10H2,1-2H3. The minimum atomic E-state index is -0.628. The molecule has 1 aromatic carbocycles. The van der Waals surface area contributed by atoms with Crippen LogP contribution in [0.25, 0.3) is 0 Å². The number of aliphatic hydroxyl groups excluding tert-OH is 1. The predicted octanol–water partition coefficient (Wildman–Crippen LogP) is 3.23. The van der Waals surface area contributed by atoms with Gasteiger partial charge in [0.2, 0.25) is 0 Å². The lowest BCUT2D eigenvalue weighted by atomic mass is 10.0. The smallest absolute Gasteiger partial charge is 0.122 e. The van der Waals surface area contributed by atoms with Crippen LogP contribution in [0.1, 0.15) is 30.7 Å². The molecule has 20 heavy (non-hydrogen) atoms. The number of benzene rings is 1. The van der Waals surface area contributed by atoms with Crippen LogP contribution in [0, 0.1) is 0 Å². The quantitative estimate of drug-likeness (QED) is 0.890. The Bertz CT molecular complexity index is 569. The van der Waals surface area contributed by atoms with Crippen molar-refractivity contribution in [1.29, 1.82) is 0 Å². The first-order chi connectivity index (χ1) is 9.65. The van der Waals surface area contributed by atoms with Crippen molar-refractivity contribution in [2.45, 2.75) is 32.4 Å². The molecule has 0 bridgehead atoms. The first-order valence-corrected chi connectivity index (χ1v) is 7.05. The van der Waals surface area contributed by atoms with Crippen molar-refractivity contribution >= 4 is 11.6 Å². The molecule has 108 valence electrons. The molecular formula is C15H19ClN2O2. The van der Waals surface area contributed by atoms with Crippen molar-refractivity contribution in [2.75, 3.05) is 7.11 Å². The Hall–Kier alpha value is -1.52. The first kappa shape index (κ1) is 14.9. The molecule has 0 aliphatic heterocycles. The second kappa shape index (κ2) is 6.77. The monoisotopic (exact) mass is 294 g/mol. The third-order valence-electron chi connectivity index (χ3n) is 3.18. The molecule has 4 nitrogen and oxygen atoms in total. The molecule has 0 aliphatic carbocycles. The number of aryl methyl sites for hydroxylation is 1. The molecule has 2 rings (SSSR count). The fourth-order valence-electron chi connectivity index (χ4n) is 2.24. The van der Waals surface area contributed by atoms with Gasteiger partial charge in [0.05, 0.1) is 18.9 Å². The SMILES string of the molecule is CCCn1nccc1C(O)Cc1cc(Cl)ccc1OC. The second-order valence-corrected chi connectivity index (χ2v) is 5.09. The van der Waals surface area contributed by atoms with E-state index in [0.29, 0.717) is 11.4 Å². The van der Waals surface area contributed by atoms with Crippen molar-refractivity contribution < 1.29 is 9.84 Å². The van der Waals surface area contributed by atoms with Gasteiger partial charge >= 0.3 is 0 Å². The Morgan fingerprint density at radius 2 is 2.20 bits per heavy atom. The zero-order valence-electron chi connectivity index (χ0n) is 11.7. The number of nitrogens with zero attached hydrogens (tertiary/aromatic N) is 2. The lowest BCUT2D eigenvalue weighted by Crippen LogP contribution is -2.11. The number of hydrogen-bond acceptors (Lipinski definition) is 3. The van der Waals surface area contributed by atoms with Crippen LogP contribution in [0.4, 0.5) is 0 Å². The number of halogens is 1. The summed E-state index contributed by atoms with van der Waals surface area (Å²) in [7, 11) is 1.61. The van der Waals surface area contributed by atoms with Gasteiger partial charge in [0.25, 0.3) is 0 Å². The second-order valence-electron chi connectivity index (χ2n) is 4.66. The fourth-order valence-corrected chi connectivity index (χ4v) is 2.44. The van der Waals surface area contributed by atoms with E-state index in [-0.39, 0.29) is 0 Å². The van der Waals surface area contributed by atoms with Crippen LogP contribution in [0.15, 0.2) is 30.5 Å². The maximum Gasteiger partial charge on any atom is 0.122 e. The van der Waals surface area contributed by atoms with Gasteiger partial charge in [-0.25, -0.2) is 0 Å². The molecule has 2 aromatic rings. The van der Waals surface area contributed by atoms with Crippen molar-refractivity contribution in [3.8, 4) is 5.75 Å². The number of hydrogen-bond donors (Lipinski definition) is 1. The Kier molecular flexibility index (Phi) is 5.04. The molecule has 0 saturated heterocycles. The minimum absolute atomic E-state index is 0.444. The van der Waals surface area contributed by atoms with Crippen LogP contribution in [-0.4, -0.2) is 22.0 Å². The topological polar surface area (TPSA) is 47.3 Å². The summed E-state index contributed by atoms with van der Waals surface area (Å²) in [5.41, 5.74) is 1.70. The summed E-state index contributed by atoms with van der Waals surface area (Å²) in [5.74, 6) is 0.731. The molecule has 1 atom stereocenters. The van der Waals surface area contributed by atoms with Gasteiger partial charge in [0.1, 0.15) is 5.75 Å². The molecule has 5 heteroatoms.